The van der Waals surface area contributed by atoms with Crippen LogP contribution in [0.3, 0.4) is 0 Å². The van der Waals surface area contributed by atoms with Gasteiger partial charge >= 0.3 is 12.1 Å². The number of aromatic nitrogens is 6. The van der Waals surface area contributed by atoms with E-state index in [1.807, 2.05) is 41.1 Å². The molecular weight excluding hydrogens is 471 g/mol. The maximum atomic E-state index is 12.9. The van der Waals surface area contributed by atoms with Crippen molar-refractivity contribution in [2.24, 2.45) is 0 Å². The summed E-state index contributed by atoms with van der Waals surface area (Å²) in [4.78, 5) is 8.58. The molecular formula is C25H16F3N7O. The van der Waals surface area contributed by atoms with Gasteiger partial charge in [0.05, 0.1) is 23.8 Å². The quantitative estimate of drug-likeness (QED) is 0.326. The first-order valence-electron chi connectivity index (χ1n) is 10.9. The summed E-state index contributed by atoms with van der Waals surface area (Å²) in [5, 5.41) is 15.9. The number of alkyl halides is 3. The van der Waals surface area contributed by atoms with Crippen molar-refractivity contribution in [2.75, 3.05) is 5.32 Å². The summed E-state index contributed by atoms with van der Waals surface area (Å²) in [7, 11) is 0. The van der Waals surface area contributed by atoms with Crippen molar-refractivity contribution in [1.29, 1.82) is 0 Å². The number of anilines is 2. The summed E-state index contributed by atoms with van der Waals surface area (Å²) in [6, 6.07) is 20.7. The molecule has 0 aliphatic carbocycles. The molecule has 3 aromatic carbocycles. The van der Waals surface area contributed by atoms with Crippen LogP contribution in [0.4, 0.5) is 24.7 Å². The van der Waals surface area contributed by atoms with E-state index in [-0.39, 0.29) is 5.89 Å². The minimum absolute atomic E-state index is 0.244. The second kappa shape index (κ2) is 8.45. The van der Waals surface area contributed by atoms with Crippen LogP contribution in [0.5, 0.6) is 0 Å². The van der Waals surface area contributed by atoms with Crippen LogP contribution in [0, 0.1) is 0 Å². The van der Waals surface area contributed by atoms with E-state index in [0.29, 0.717) is 28.8 Å². The van der Waals surface area contributed by atoms with E-state index in [1.54, 1.807) is 24.4 Å². The fraction of sp³-hybridized carbons (Fsp3) is 0.0800. The highest BCUT2D eigenvalue weighted by atomic mass is 19.4. The van der Waals surface area contributed by atoms with Crippen LogP contribution in [0.25, 0.3) is 33.3 Å². The number of rotatable bonds is 5. The van der Waals surface area contributed by atoms with Gasteiger partial charge in [0.25, 0.3) is 0 Å². The van der Waals surface area contributed by atoms with Crippen molar-refractivity contribution in [3.05, 3.63) is 90.7 Å². The van der Waals surface area contributed by atoms with Gasteiger partial charge in [-0.2, -0.15) is 18.3 Å². The Morgan fingerprint density at radius 2 is 1.78 bits per heavy atom. The zero-order valence-electron chi connectivity index (χ0n) is 18.4. The van der Waals surface area contributed by atoms with Crippen molar-refractivity contribution in [2.45, 2.75) is 12.7 Å². The Labute approximate surface area is 201 Å². The number of fused-ring (bicyclic) bond motifs is 2. The molecule has 8 nitrogen and oxygen atoms in total. The van der Waals surface area contributed by atoms with Gasteiger partial charge in [0.15, 0.2) is 0 Å². The third-order valence-electron chi connectivity index (χ3n) is 5.63. The Hall–Kier alpha value is -4.80. The third-order valence-corrected chi connectivity index (χ3v) is 5.63. The molecule has 0 spiro atoms. The topological polar surface area (TPSA) is 94.5 Å². The number of nitrogens with one attached hydrogen (secondary N) is 1. The molecule has 0 radical (unpaired) electrons. The fourth-order valence-corrected chi connectivity index (χ4v) is 3.93. The van der Waals surface area contributed by atoms with Crippen LogP contribution in [0.2, 0.25) is 0 Å². The molecule has 0 amide bonds. The molecule has 0 aliphatic heterocycles. The van der Waals surface area contributed by atoms with Gasteiger partial charge in [-0.25, -0.2) is 9.97 Å². The lowest BCUT2D eigenvalue weighted by Gasteiger charge is -2.10. The van der Waals surface area contributed by atoms with Gasteiger partial charge in [-0.3, -0.25) is 4.68 Å². The maximum absolute atomic E-state index is 12.9. The summed E-state index contributed by atoms with van der Waals surface area (Å²) < 4.78 is 45.3. The van der Waals surface area contributed by atoms with Gasteiger partial charge in [0, 0.05) is 22.0 Å². The highest BCUT2D eigenvalue weighted by molar-refractivity contribution is 5.94. The molecule has 0 fully saturated rings. The summed E-state index contributed by atoms with van der Waals surface area (Å²) >= 11 is 0. The van der Waals surface area contributed by atoms with E-state index in [2.05, 4.69) is 42.7 Å². The molecule has 0 aliphatic rings. The SMILES string of the molecule is FC(F)(F)c1nnc(-c2ccc3ncnc(Nc4ccc5c(cnn5Cc5ccccc5)c4)c3c2)o1. The summed E-state index contributed by atoms with van der Waals surface area (Å²) in [5.41, 5.74) is 3.82. The van der Waals surface area contributed by atoms with E-state index < -0.39 is 12.1 Å². The van der Waals surface area contributed by atoms with Crippen molar-refractivity contribution in [3.63, 3.8) is 0 Å². The first kappa shape index (κ1) is 21.7. The van der Waals surface area contributed by atoms with Gasteiger partial charge in [-0.05, 0) is 42.0 Å². The van der Waals surface area contributed by atoms with E-state index in [9.17, 15) is 13.2 Å². The molecule has 11 heteroatoms. The molecule has 0 atom stereocenters. The zero-order valence-corrected chi connectivity index (χ0v) is 18.4. The monoisotopic (exact) mass is 487 g/mol. The largest absolute Gasteiger partial charge is 0.470 e. The van der Waals surface area contributed by atoms with Gasteiger partial charge in [-0.1, -0.05) is 30.3 Å². The van der Waals surface area contributed by atoms with Crippen molar-refractivity contribution in [3.8, 4) is 11.5 Å². The van der Waals surface area contributed by atoms with Crippen LogP contribution in [-0.4, -0.2) is 29.9 Å². The van der Waals surface area contributed by atoms with Crippen molar-refractivity contribution >= 4 is 33.3 Å². The molecule has 0 unspecified atom stereocenters. The number of benzene rings is 3. The summed E-state index contributed by atoms with van der Waals surface area (Å²) in [6.45, 7) is 0.655. The second-order valence-electron chi connectivity index (χ2n) is 8.05. The normalized spacial score (nSPS) is 11.9. The minimum Gasteiger partial charge on any atom is -0.413 e. The number of nitrogens with zero attached hydrogens (tertiary/aromatic N) is 6. The Bertz CT molecular complexity index is 1690. The summed E-state index contributed by atoms with van der Waals surface area (Å²) in [6.07, 6.45) is -1.51. The first-order valence-corrected chi connectivity index (χ1v) is 10.9. The van der Waals surface area contributed by atoms with Crippen molar-refractivity contribution in [1.82, 2.24) is 29.9 Å². The molecule has 6 rings (SSSR count). The second-order valence-corrected chi connectivity index (χ2v) is 8.05. The number of hydrogen-bond donors (Lipinski definition) is 1. The number of halogens is 3. The lowest BCUT2D eigenvalue weighted by Crippen LogP contribution is -2.04. The lowest BCUT2D eigenvalue weighted by atomic mass is 10.1. The van der Waals surface area contributed by atoms with E-state index in [4.69, 9.17) is 4.42 Å². The first-order chi connectivity index (χ1) is 17.4. The number of hydrogen-bond acceptors (Lipinski definition) is 7. The van der Waals surface area contributed by atoms with Gasteiger partial charge in [0.2, 0.25) is 5.89 Å². The molecule has 3 aromatic heterocycles. The average molecular weight is 487 g/mol. The molecule has 6 aromatic rings. The molecule has 0 saturated carbocycles. The highest BCUT2D eigenvalue weighted by Gasteiger charge is 2.38. The predicted octanol–water partition coefficient (Wildman–Crippen LogP) is 5.84. The standard InChI is InChI=1S/C25H16F3N7O/c26-25(27,28)24-34-33-23(36-24)16-6-8-20-19(11-16)22(30-14-29-20)32-18-7-9-21-17(10-18)12-31-35(21)13-15-4-2-1-3-5-15/h1-12,14H,13H2,(H,29,30,32). The minimum atomic E-state index is -4.72. The van der Waals surface area contributed by atoms with E-state index in [1.165, 1.54) is 6.33 Å². The predicted molar refractivity (Wildman–Crippen MR) is 126 cm³/mol. The zero-order chi connectivity index (χ0) is 24.7. The van der Waals surface area contributed by atoms with Crippen LogP contribution in [-0.2, 0) is 12.7 Å². The van der Waals surface area contributed by atoms with E-state index >= 15 is 0 Å². The van der Waals surface area contributed by atoms with Crippen LogP contribution in [0.15, 0.2) is 83.7 Å². The lowest BCUT2D eigenvalue weighted by molar-refractivity contribution is -0.156. The van der Waals surface area contributed by atoms with Gasteiger partial charge < -0.3 is 9.73 Å². The fourth-order valence-electron chi connectivity index (χ4n) is 3.93. The van der Waals surface area contributed by atoms with Crippen LogP contribution in [0.1, 0.15) is 11.5 Å². The van der Waals surface area contributed by atoms with E-state index in [0.717, 1.165) is 22.2 Å². The Morgan fingerprint density at radius 3 is 2.58 bits per heavy atom. The molecule has 0 saturated heterocycles. The Kier molecular flexibility index (Phi) is 5.10. The molecule has 178 valence electrons. The molecule has 0 bridgehead atoms. The third kappa shape index (κ3) is 4.11. The molecule has 3 heterocycles. The Morgan fingerprint density at radius 1 is 0.917 bits per heavy atom. The van der Waals surface area contributed by atoms with Crippen LogP contribution >= 0.6 is 0 Å². The van der Waals surface area contributed by atoms with Crippen molar-refractivity contribution < 1.29 is 17.6 Å². The smallest absolute Gasteiger partial charge is 0.413 e. The highest BCUT2D eigenvalue weighted by Crippen LogP contribution is 2.32. The summed E-state index contributed by atoms with van der Waals surface area (Å²) in [5.74, 6) is -1.17. The molecule has 1 N–H and O–H groups in total. The van der Waals surface area contributed by atoms with Crippen LogP contribution < -0.4 is 5.32 Å². The van der Waals surface area contributed by atoms with Gasteiger partial charge in [0.1, 0.15) is 12.1 Å². The Balaban J connectivity index is 1.31. The molecule has 36 heavy (non-hydrogen) atoms. The van der Waals surface area contributed by atoms with Gasteiger partial charge in [-0.15, -0.1) is 10.2 Å². The maximum Gasteiger partial charge on any atom is 0.470 e. The average Bonchev–Trinajstić information content (AvgIpc) is 3.53.